The van der Waals surface area contributed by atoms with Gasteiger partial charge in [-0.25, -0.2) is 9.97 Å². The molecule has 0 aliphatic heterocycles. The highest BCUT2D eigenvalue weighted by Crippen LogP contribution is 2.15. The SMILES string of the molecule is C[C@H](CNc1cc(N)ncn1)c1ccccc1. The van der Waals surface area contributed by atoms with E-state index >= 15 is 0 Å². The fourth-order valence-electron chi connectivity index (χ4n) is 1.63. The smallest absolute Gasteiger partial charge is 0.131 e. The van der Waals surface area contributed by atoms with E-state index in [9.17, 15) is 0 Å². The maximum Gasteiger partial charge on any atom is 0.131 e. The van der Waals surface area contributed by atoms with Crippen molar-refractivity contribution in [2.45, 2.75) is 12.8 Å². The zero-order valence-corrected chi connectivity index (χ0v) is 9.80. The number of aromatic nitrogens is 2. The van der Waals surface area contributed by atoms with Crippen molar-refractivity contribution < 1.29 is 0 Å². The van der Waals surface area contributed by atoms with Crippen molar-refractivity contribution >= 4 is 11.6 Å². The lowest BCUT2D eigenvalue weighted by molar-refractivity contribution is 0.801. The first kappa shape index (κ1) is 11.4. The number of nitrogens with one attached hydrogen (secondary N) is 1. The van der Waals surface area contributed by atoms with Crippen LogP contribution in [0.5, 0.6) is 0 Å². The third-order valence-corrected chi connectivity index (χ3v) is 2.65. The van der Waals surface area contributed by atoms with Crippen LogP contribution < -0.4 is 11.1 Å². The molecule has 88 valence electrons. The quantitative estimate of drug-likeness (QED) is 0.842. The molecule has 2 aromatic rings. The second kappa shape index (κ2) is 5.30. The van der Waals surface area contributed by atoms with Gasteiger partial charge in [-0.05, 0) is 11.5 Å². The molecule has 0 radical (unpaired) electrons. The van der Waals surface area contributed by atoms with Crippen LogP contribution in [0, 0.1) is 0 Å². The molecule has 0 saturated heterocycles. The highest BCUT2D eigenvalue weighted by Gasteiger charge is 2.04. The van der Waals surface area contributed by atoms with Gasteiger partial charge >= 0.3 is 0 Å². The van der Waals surface area contributed by atoms with Gasteiger partial charge in [-0.15, -0.1) is 0 Å². The van der Waals surface area contributed by atoms with E-state index in [1.165, 1.54) is 11.9 Å². The number of nitrogens with zero attached hydrogens (tertiary/aromatic N) is 2. The summed E-state index contributed by atoms with van der Waals surface area (Å²) in [4.78, 5) is 7.95. The van der Waals surface area contributed by atoms with Gasteiger partial charge in [0.2, 0.25) is 0 Å². The van der Waals surface area contributed by atoms with Crippen molar-refractivity contribution in [1.82, 2.24) is 9.97 Å². The Hall–Kier alpha value is -2.10. The molecule has 4 nitrogen and oxygen atoms in total. The Bertz CT molecular complexity index is 470. The van der Waals surface area contributed by atoms with E-state index in [1.54, 1.807) is 6.07 Å². The minimum Gasteiger partial charge on any atom is -0.384 e. The Balaban J connectivity index is 1.95. The highest BCUT2D eigenvalue weighted by atomic mass is 15.0. The van der Waals surface area contributed by atoms with Crippen molar-refractivity contribution in [3.05, 3.63) is 48.3 Å². The predicted molar refractivity (Wildman–Crippen MR) is 69.8 cm³/mol. The zero-order valence-electron chi connectivity index (χ0n) is 9.80. The van der Waals surface area contributed by atoms with Gasteiger partial charge in [-0.3, -0.25) is 0 Å². The molecule has 0 amide bonds. The first-order valence-corrected chi connectivity index (χ1v) is 5.62. The molecule has 0 fully saturated rings. The summed E-state index contributed by atoms with van der Waals surface area (Å²) in [6, 6.07) is 12.1. The van der Waals surface area contributed by atoms with Gasteiger partial charge in [-0.2, -0.15) is 0 Å². The second-order valence-corrected chi connectivity index (χ2v) is 4.02. The van der Waals surface area contributed by atoms with Crippen LogP contribution in [0.15, 0.2) is 42.7 Å². The molecular formula is C13H16N4. The minimum atomic E-state index is 0.424. The molecule has 1 aromatic heterocycles. The maximum absolute atomic E-state index is 5.58. The van der Waals surface area contributed by atoms with E-state index in [1.807, 2.05) is 6.07 Å². The Morgan fingerprint density at radius 2 is 2.00 bits per heavy atom. The fourth-order valence-corrected chi connectivity index (χ4v) is 1.63. The lowest BCUT2D eigenvalue weighted by atomic mass is 10.0. The molecule has 3 N–H and O–H groups in total. The molecule has 0 saturated carbocycles. The van der Waals surface area contributed by atoms with Crippen LogP contribution in [0.3, 0.4) is 0 Å². The van der Waals surface area contributed by atoms with E-state index in [0.717, 1.165) is 12.4 Å². The molecule has 1 aromatic carbocycles. The van der Waals surface area contributed by atoms with Gasteiger partial charge in [0.1, 0.15) is 18.0 Å². The summed E-state index contributed by atoms with van der Waals surface area (Å²) in [5.74, 6) is 1.67. The van der Waals surface area contributed by atoms with E-state index in [4.69, 9.17) is 5.73 Å². The van der Waals surface area contributed by atoms with Crippen LogP contribution in [0.4, 0.5) is 11.6 Å². The average molecular weight is 228 g/mol. The summed E-state index contributed by atoms with van der Waals surface area (Å²) in [5, 5.41) is 3.25. The van der Waals surface area contributed by atoms with Crippen molar-refractivity contribution in [3.8, 4) is 0 Å². The third kappa shape index (κ3) is 3.17. The first-order valence-electron chi connectivity index (χ1n) is 5.62. The lowest BCUT2D eigenvalue weighted by Crippen LogP contribution is -2.11. The second-order valence-electron chi connectivity index (χ2n) is 4.02. The third-order valence-electron chi connectivity index (χ3n) is 2.65. The standard InChI is InChI=1S/C13H16N4/c1-10(11-5-3-2-4-6-11)8-15-13-7-12(14)16-9-17-13/h2-7,9-10H,8H2,1H3,(H3,14,15,16,17)/t10-/m1/s1. The van der Waals surface area contributed by atoms with E-state index < -0.39 is 0 Å². The van der Waals surface area contributed by atoms with Crippen molar-refractivity contribution in [2.75, 3.05) is 17.6 Å². The molecule has 2 rings (SSSR count). The summed E-state index contributed by atoms with van der Waals surface area (Å²) >= 11 is 0. The van der Waals surface area contributed by atoms with Crippen molar-refractivity contribution in [2.24, 2.45) is 0 Å². The van der Waals surface area contributed by atoms with Crippen LogP contribution in [0.25, 0.3) is 0 Å². The Morgan fingerprint density at radius 3 is 2.71 bits per heavy atom. The lowest BCUT2D eigenvalue weighted by Gasteiger charge is -2.13. The number of rotatable bonds is 4. The molecule has 0 aliphatic carbocycles. The molecule has 4 heteroatoms. The molecule has 1 atom stereocenters. The van der Waals surface area contributed by atoms with Crippen LogP contribution in [-0.2, 0) is 0 Å². The Morgan fingerprint density at radius 1 is 1.24 bits per heavy atom. The number of hydrogen-bond donors (Lipinski definition) is 2. The largest absolute Gasteiger partial charge is 0.384 e. The van der Waals surface area contributed by atoms with Gasteiger partial charge < -0.3 is 11.1 Å². The summed E-state index contributed by atoms with van der Waals surface area (Å²) < 4.78 is 0. The predicted octanol–water partition coefficient (Wildman–Crippen LogP) is 2.27. The minimum absolute atomic E-state index is 0.424. The van der Waals surface area contributed by atoms with Crippen LogP contribution in [0.2, 0.25) is 0 Å². The van der Waals surface area contributed by atoms with Gasteiger partial charge in [0.25, 0.3) is 0 Å². The molecule has 0 bridgehead atoms. The number of benzene rings is 1. The number of nitrogens with two attached hydrogens (primary N) is 1. The van der Waals surface area contributed by atoms with Gasteiger partial charge in [-0.1, -0.05) is 37.3 Å². The van der Waals surface area contributed by atoms with Gasteiger partial charge in [0, 0.05) is 12.6 Å². The number of hydrogen-bond acceptors (Lipinski definition) is 4. The topological polar surface area (TPSA) is 63.8 Å². The summed E-state index contributed by atoms with van der Waals surface area (Å²) in [6.07, 6.45) is 1.46. The Kier molecular flexibility index (Phi) is 3.55. The van der Waals surface area contributed by atoms with Crippen LogP contribution in [0.1, 0.15) is 18.4 Å². The van der Waals surface area contributed by atoms with Crippen LogP contribution >= 0.6 is 0 Å². The zero-order chi connectivity index (χ0) is 12.1. The molecule has 0 aliphatic rings. The molecule has 0 unspecified atom stereocenters. The average Bonchev–Trinajstić information content (AvgIpc) is 2.37. The van der Waals surface area contributed by atoms with E-state index in [0.29, 0.717) is 11.7 Å². The summed E-state index contributed by atoms with van der Waals surface area (Å²) in [5.41, 5.74) is 6.89. The maximum atomic E-state index is 5.58. The molecule has 17 heavy (non-hydrogen) atoms. The molecule has 0 spiro atoms. The van der Waals surface area contributed by atoms with Crippen LogP contribution in [-0.4, -0.2) is 16.5 Å². The van der Waals surface area contributed by atoms with Crippen molar-refractivity contribution in [1.29, 1.82) is 0 Å². The highest BCUT2D eigenvalue weighted by molar-refractivity contribution is 5.43. The van der Waals surface area contributed by atoms with Crippen molar-refractivity contribution in [3.63, 3.8) is 0 Å². The van der Waals surface area contributed by atoms with Gasteiger partial charge in [0.05, 0.1) is 0 Å². The number of nitrogen functional groups attached to an aromatic ring is 1. The summed E-state index contributed by atoms with van der Waals surface area (Å²) in [6.45, 7) is 2.99. The first-order chi connectivity index (χ1) is 8.25. The summed E-state index contributed by atoms with van der Waals surface area (Å²) in [7, 11) is 0. The van der Waals surface area contributed by atoms with E-state index in [-0.39, 0.29) is 0 Å². The molecular weight excluding hydrogens is 212 g/mol. The van der Waals surface area contributed by atoms with E-state index in [2.05, 4.69) is 46.5 Å². The molecule has 1 heterocycles. The Labute approximate surface area is 101 Å². The fraction of sp³-hybridized carbons (Fsp3) is 0.231. The van der Waals surface area contributed by atoms with Gasteiger partial charge in [0.15, 0.2) is 0 Å². The normalized spacial score (nSPS) is 12.1. The monoisotopic (exact) mass is 228 g/mol. The number of anilines is 2.